The Morgan fingerprint density at radius 1 is 0.862 bits per heavy atom. The number of anilines is 1. The molecular formula is C23H24N2O3S. The molecule has 0 heterocycles. The fourth-order valence-corrected chi connectivity index (χ4v) is 4.03. The van der Waals surface area contributed by atoms with E-state index in [0.29, 0.717) is 5.69 Å². The minimum Gasteiger partial charge on any atom is -0.346 e. The van der Waals surface area contributed by atoms with Crippen molar-refractivity contribution in [1.29, 1.82) is 0 Å². The Kier molecular flexibility index (Phi) is 6.03. The molecule has 0 spiro atoms. The van der Waals surface area contributed by atoms with Crippen molar-refractivity contribution in [2.24, 2.45) is 0 Å². The maximum atomic E-state index is 12.7. The average Bonchev–Trinajstić information content (AvgIpc) is 2.70. The molecule has 150 valence electrons. The fourth-order valence-electron chi connectivity index (χ4n) is 2.92. The molecule has 3 aromatic carbocycles. The van der Waals surface area contributed by atoms with Gasteiger partial charge in [-0.05, 0) is 67.8 Å². The van der Waals surface area contributed by atoms with E-state index in [0.717, 1.165) is 11.1 Å². The first-order valence-corrected chi connectivity index (χ1v) is 10.8. The van der Waals surface area contributed by atoms with Crippen molar-refractivity contribution in [3.63, 3.8) is 0 Å². The van der Waals surface area contributed by atoms with E-state index in [1.807, 2.05) is 39.0 Å². The van der Waals surface area contributed by atoms with Crippen LogP contribution in [-0.4, -0.2) is 14.3 Å². The molecular weight excluding hydrogens is 384 g/mol. The number of nitrogens with one attached hydrogen (secondary N) is 2. The highest BCUT2D eigenvalue weighted by molar-refractivity contribution is 7.92. The lowest BCUT2D eigenvalue weighted by Crippen LogP contribution is -2.27. The Bertz CT molecular complexity index is 1130. The molecule has 0 aromatic heterocycles. The molecule has 0 radical (unpaired) electrons. The summed E-state index contributed by atoms with van der Waals surface area (Å²) < 4.78 is 27.8. The van der Waals surface area contributed by atoms with Gasteiger partial charge in [-0.1, -0.05) is 42.5 Å². The smallest absolute Gasteiger partial charge is 0.261 e. The van der Waals surface area contributed by atoms with Crippen LogP contribution in [0.1, 0.15) is 40.0 Å². The second kappa shape index (κ2) is 8.49. The molecule has 0 aliphatic heterocycles. The molecule has 1 amide bonds. The molecule has 0 saturated heterocycles. The van der Waals surface area contributed by atoms with E-state index in [1.165, 1.54) is 17.7 Å². The molecule has 0 aliphatic carbocycles. The van der Waals surface area contributed by atoms with Gasteiger partial charge in [-0.15, -0.1) is 0 Å². The van der Waals surface area contributed by atoms with Crippen molar-refractivity contribution in [1.82, 2.24) is 5.32 Å². The summed E-state index contributed by atoms with van der Waals surface area (Å²) in [5.41, 5.74) is 4.10. The van der Waals surface area contributed by atoms with Crippen LogP contribution in [-0.2, 0) is 10.0 Å². The van der Waals surface area contributed by atoms with Gasteiger partial charge in [-0.2, -0.15) is 0 Å². The van der Waals surface area contributed by atoms with Crippen molar-refractivity contribution in [3.8, 4) is 0 Å². The summed E-state index contributed by atoms with van der Waals surface area (Å²) in [6.07, 6.45) is 0. The minimum atomic E-state index is -3.79. The van der Waals surface area contributed by atoms with E-state index in [4.69, 9.17) is 0 Å². The van der Waals surface area contributed by atoms with Crippen LogP contribution in [0.2, 0.25) is 0 Å². The van der Waals surface area contributed by atoms with Crippen molar-refractivity contribution in [2.45, 2.75) is 31.7 Å². The van der Waals surface area contributed by atoms with Crippen molar-refractivity contribution in [2.75, 3.05) is 4.72 Å². The molecule has 0 saturated carbocycles. The van der Waals surface area contributed by atoms with Crippen LogP contribution in [0.15, 0.2) is 77.7 Å². The van der Waals surface area contributed by atoms with Gasteiger partial charge in [0.05, 0.1) is 10.9 Å². The van der Waals surface area contributed by atoms with E-state index < -0.39 is 10.0 Å². The highest BCUT2D eigenvalue weighted by Crippen LogP contribution is 2.19. The number of hydrogen-bond acceptors (Lipinski definition) is 3. The van der Waals surface area contributed by atoms with Gasteiger partial charge in [0.1, 0.15) is 0 Å². The lowest BCUT2D eigenvalue weighted by molar-refractivity contribution is 0.0939. The third-order valence-electron chi connectivity index (χ3n) is 4.81. The number of amides is 1. The van der Waals surface area contributed by atoms with E-state index in [-0.39, 0.29) is 22.4 Å². The minimum absolute atomic E-state index is 0.0350. The standard InChI is InChI=1S/C23H24N2O3S/c1-16-12-13-19(14-17(16)2)18(3)24-23(26)20-8-7-11-22(15-20)29(27,28)25-21-9-5-4-6-10-21/h4-15,18,25H,1-3H3,(H,24,26). The first-order chi connectivity index (χ1) is 13.8. The molecule has 6 heteroatoms. The summed E-state index contributed by atoms with van der Waals surface area (Å²) in [6.45, 7) is 5.97. The van der Waals surface area contributed by atoms with E-state index in [1.54, 1.807) is 42.5 Å². The number of benzene rings is 3. The number of rotatable bonds is 6. The molecule has 29 heavy (non-hydrogen) atoms. The molecule has 0 aliphatic rings. The van der Waals surface area contributed by atoms with Crippen molar-refractivity contribution >= 4 is 21.6 Å². The van der Waals surface area contributed by atoms with Crippen molar-refractivity contribution < 1.29 is 13.2 Å². The molecule has 5 nitrogen and oxygen atoms in total. The SMILES string of the molecule is Cc1ccc(C(C)NC(=O)c2cccc(S(=O)(=O)Nc3ccccc3)c2)cc1C. The Hall–Kier alpha value is -3.12. The number of carbonyl (C=O) groups excluding carboxylic acids is 1. The van der Waals surface area contributed by atoms with E-state index in [9.17, 15) is 13.2 Å². The quantitative estimate of drug-likeness (QED) is 0.626. The summed E-state index contributed by atoms with van der Waals surface area (Å²) in [6, 6.07) is 20.5. The number of carbonyl (C=O) groups is 1. The summed E-state index contributed by atoms with van der Waals surface area (Å²) in [5.74, 6) is -0.326. The van der Waals surface area contributed by atoms with Gasteiger partial charge in [0, 0.05) is 11.3 Å². The van der Waals surface area contributed by atoms with Crippen molar-refractivity contribution in [3.05, 3.63) is 95.1 Å². The Balaban J connectivity index is 1.77. The third kappa shape index (κ3) is 5.03. The van der Waals surface area contributed by atoms with Gasteiger partial charge >= 0.3 is 0 Å². The maximum Gasteiger partial charge on any atom is 0.261 e. The molecule has 1 atom stereocenters. The van der Waals surface area contributed by atoms with Gasteiger partial charge in [-0.3, -0.25) is 9.52 Å². The van der Waals surface area contributed by atoms with Gasteiger partial charge < -0.3 is 5.32 Å². The summed E-state index contributed by atoms with van der Waals surface area (Å²) in [5, 5.41) is 2.93. The van der Waals surface area contributed by atoms with Crippen LogP contribution in [0.3, 0.4) is 0 Å². The van der Waals surface area contributed by atoms with Gasteiger partial charge in [0.25, 0.3) is 15.9 Å². The monoisotopic (exact) mass is 408 g/mol. The average molecular weight is 409 g/mol. The lowest BCUT2D eigenvalue weighted by atomic mass is 10.0. The first-order valence-electron chi connectivity index (χ1n) is 9.32. The van der Waals surface area contributed by atoms with Crippen LogP contribution < -0.4 is 10.0 Å². The Morgan fingerprint density at radius 2 is 1.59 bits per heavy atom. The zero-order valence-corrected chi connectivity index (χ0v) is 17.5. The zero-order valence-electron chi connectivity index (χ0n) is 16.6. The molecule has 3 aromatic rings. The maximum absolute atomic E-state index is 12.7. The Morgan fingerprint density at radius 3 is 2.28 bits per heavy atom. The van der Waals surface area contributed by atoms with Crippen LogP contribution in [0.5, 0.6) is 0 Å². The van der Waals surface area contributed by atoms with E-state index >= 15 is 0 Å². The van der Waals surface area contributed by atoms with Crippen LogP contribution in [0, 0.1) is 13.8 Å². The fraction of sp³-hybridized carbons (Fsp3) is 0.174. The molecule has 0 fully saturated rings. The predicted molar refractivity (Wildman–Crippen MR) is 115 cm³/mol. The summed E-state index contributed by atoms with van der Waals surface area (Å²) >= 11 is 0. The highest BCUT2D eigenvalue weighted by atomic mass is 32.2. The van der Waals surface area contributed by atoms with E-state index in [2.05, 4.69) is 10.0 Å². The predicted octanol–water partition coefficient (Wildman–Crippen LogP) is 4.60. The van der Waals surface area contributed by atoms with Gasteiger partial charge in [0.2, 0.25) is 0 Å². The molecule has 3 rings (SSSR count). The van der Waals surface area contributed by atoms with Crippen LogP contribution in [0.25, 0.3) is 0 Å². The largest absolute Gasteiger partial charge is 0.346 e. The summed E-state index contributed by atoms with van der Waals surface area (Å²) in [7, 11) is -3.79. The summed E-state index contributed by atoms with van der Waals surface area (Å²) in [4.78, 5) is 12.7. The first kappa shape index (κ1) is 20.6. The topological polar surface area (TPSA) is 75.3 Å². The van der Waals surface area contributed by atoms with Crippen LogP contribution in [0.4, 0.5) is 5.69 Å². The molecule has 1 unspecified atom stereocenters. The zero-order chi connectivity index (χ0) is 21.0. The number of sulfonamides is 1. The third-order valence-corrected chi connectivity index (χ3v) is 6.19. The van der Waals surface area contributed by atoms with Crippen LogP contribution >= 0.6 is 0 Å². The Labute approximate surface area is 171 Å². The number of hydrogen-bond donors (Lipinski definition) is 2. The van der Waals surface area contributed by atoms with Gasteiger partial charge in [0.15, 0.2) is 0 Å². The molecule has 2 N–H and O–H groups in total. The lowest BCUT2D eigenvalue weighted by Gasteiger charge is -2.16. The van der Waals surface area contributed by atoms with Gasteiger partial charge in [-0.25, -0.2) is 8.42 Å². The number of aryl methyl sites for hydroxylation is 2. The highest BCUT2D eigenvalue weighted by Gasteiger charge is 2.18. The molecule has 0 bridgehead atoms. The normalized spacial score (nSPS) is 12.2. The second-order valence-electron chi connectivity index (χ2n) is 7.04. The second-order valence-corrected chi connectivity index (χ2v) is 8.72. The number of para-hydroxylation sites is 1.